The van der Waals surface area contributed by atoms with Crippen molar-refractivity contribution < 1.29 is 22.6 Å². The van der Waals surface area contributed by atoms with Crippen LogP contribution in [0.15, 0.2) is 54.6 Å². The van der Waals surface area contributed by atoms with Crippen LogP contribution in [-0.2, 0) is 20.4 Å². The average Bonchev–Trinajstić information content (AvgIpc) is 2.66. The fourth-order valence-corrected chi connectivity index (χ4v) is 4.91. The lowest BCUT2D eigenvalue weighted by Crippen LogP contribution is -2.40. The van der Waals surface area contributed by atoms with Crippen LogP contribution in [0.5, 0.6) is 11.5 Å². The maximum atomic E-state index is 11.6. The number of hydrogen-bond donors (Lipinski definition) is 0. The Hall–Kier alpha value is -1.76. The monoisotopic (exact) mass is 410 g/mol. The van der Waals surface area contributed by atoms with Crippen LogP contribution >= 0.6 is 10.7 Å². The Morgan fingerprint density at radius 3 is 2.11 bits per heavy atom. The molecule has 0 bridgehead atoms. The summed E-state index contributed by atoms with van der Waals surface area (Å²) in [6.45, 7) is 1.81. The first-order valence-electron chi connectivity index (χ1n) is 8.84. The van der Waals surface area contributed by atoms with Crippen molar-refractivity contribution in [3.8, 4) is 11.5 Å². The highest BCUT2D eigenvalue weighted by Crippen LogP contribution is 2.34. The van der Waals surface area contributed by atoms with E-state index in [0.717, 1.165) is 11.3 Å². The molecule has 0 saturated carbocycles. The molecule has 0 radical (unpaired) electrons. The van der Waals surface area contributed by atoms with E-state index in [1.807, 2.05) is 54.6 Å². The van der Waals surface area contributed by atoms with Gasteiger partial charge in [0.2, 0.25) is 9.05 Å². The summed E-state index contributed by atoms with van der Waals surface area (Å²) in [7, 11) is 1.89. The van der Waals surface area contributed by atoms with Gasteiger partial charge in [-0.3, -0.25) is 0 Å². The Balaban J connectivity index is 1.56. The van der Waals surface area contributed by atoms with E-state index in [2.05, 4.69) is 0 Å². The van der Waals surface area contributed by atoms with Gasteiger partial charge in [-0.05, 0) is 42.7 Å². The number of benzene rings is 2. The average molecular weight is 411 g/mol. The van der Waals surface area contributed by atoms with Gasteiger partial charge in [0.25, 0.3) is 0 Å². The van der Waals surface area contributed by atoms with E-state index in [9.17, 15) is 8.42 Å². The van der Waals surface area contributed by atoms with Crippen LogP contribution in [0, 0.1) is 5.41 Å². The molecule has 1 aliphatic rings. The minimum Gasteiger partial charge on any atom is -0.493 e. The molecular weight excluding hydrogens is 388 g/mol. The van der Waals surface area contributed by atoms with E-state index in [1.54, 1.807) is 0 Å². The molecule has 1 fully saturated rings. The van der Waals surface area contributed by atoms with Gasteiger partial charge in [0.1, 0.15) is 18.1 Å². The first kappa shape index (κ1) is 20.0. The van der Waals surface area contributed by atoms with Crippen LogP contribution in [0.3, 0.4) is 0 Å². The Morgan fingerprint density at radius 2 is 1.52 bits per heavy atom. The van der Waals surface area contributed by atoms with Crippen molar-refractivity contribution in [3.63, 3.8) is 0 Å². The molecule has 1 heterocycles. The van der Waals surface area contributed by atoms with Crippen molar-refractivity contribution >= 4 is 19.7 Å². The van der Waals surface area contributed by atoms with Crippen molar-refractivity contribution in [2.24, 2.45) is 5.41 Å². The molecule has 1 aliphatic heterocycles. The predicted molar refractivity (Wildman–Crippen MR) is 105 cm³/mol. The van der Waals surface area contributed by atoms with Crippen molar-refractivity contribution in [1.29, 1.82) is 0 Å². The minimum absolute atomic E-state index is 0.108. The quantitative estimate of drug-likeness (QED) is 0.615. The molecule has 0 unspecified atom stereocenters. The van der Waals surface area contributed by atoms with E-state index < -0.39 is 14.5 Å². The lowest BCUT2D eigenvalue weighted by atomic mass is 9.83. The molecule has 0 spiro atoms. The first-order valence-corrected chi connectivity index (χ1v) is 11.3. The zero-order valence-electron chi connectivity index (χ0n) is 15.0. The summed E-state index contributed by atoms with van der Waals surface area (Å²) in [5, 5.41) is 0. The van der Waals surface area contributed by atoms with E-state index in [1.165, 1.54) is 0 Å². The van der Waals surface area contributed by atoms with Gasteiger partial charge >= 0.3 is 0 Å². The van der Waals surface area contributed by atoms with Gasteiger partial charge < -0.3 is 14.2 Å². The third-order valence-electron chi connectivity index (χ3n) is 4.65. The van der Waals surface area contributed by atoms with Crippen LogP contribution < -0.4 is 9.47 Å². The summed E-state index contributed by atoms with van der Waals surface area (Å²) in [4.78, 5) is 0. The summed E-state index contributed by atoms with van der Waals surface area (Å²) in [6, 6.07) is 17.3. The van der Waals surface area contributed by atoms with Gasteiger partial charge in [0.05, 0.1) is 12.4 Å². The van der Waals surface area contributed by atoms with Gasteiger partial charge in [-0.1, -0.05) is 30.3 Å². The van der Waals surface area contributed by atoms with Crippen molar-refractivity contribution in [2.45, 2.75) is 19.4 Å². The lowest BCUT2D eigenvalue weighted by molar-refractivity contribution is 0.00227. The van der Waals surface area contributed by atoms with E-state index in [0.29, 0.717) is 38.4 Å². The van der Waals surface area contributed by atoms with Crippen molar-refractivity contribution in [1.82, 2.24) is 0 Å². The van der Waals surface area contributed by atoms with Crippen molar-refractivity contribution in [3.05, 3.63) is 60.2 Å². The van der Waals surface area contributed by atoms with Crippen LogP contribution in [-0.4, -0.2) is 34.0 Å². The number of rotatable bonds is 8. The Bertz CT molecular complexity index is 815. The zero-order valence-corrected chi connectivity index (χ0v) is 16.5. The Morgan fingerprint density at radius 1 is 0.926 bits per heavy atom. The summed E-state index contributed by atoms with van der Waals surface area (Å²) in [5.74, 6) is 1.30. The summed E-state index contributed by atoms with van der Waals surface area (Å²) in [6.07, 6.45) is 1.22. The highest BCUT2D eigenvalue weighted by Gasteiger charge is 2.37. The Labute approximate surface area is 164 Å². The van der Waals surface area contributed by atoms with Gasteiger partial charge in [-0.15, -0.1) is 0 Å². The highest BCUT2D eigenvalue weighted by molar-refractivity contribution is 8.13. The standard InChI is InChI=1S/C20H23ClO5S/c21-27(22,23)16-20(10-12-24-13-11-20)15-26-19-8-6-18(7-9-19)25-14-17-4-2-1-3-5-17/h1-9H,10-16H2. The molecule has 2 aromatic rings. The first-order chi connectivity index (χ1) is 12.9. The van der Waals surface area contributed by atoms with Crippen molar-refractivity contribution in [2.75, 3.05) is 25.6 Å². The normalized spacial score (nSPS) is 16.6. The highest BCUT2D eigenvalue weighted by atomic mass is 35.7. The van der Waals surface area contributed by atoms with Crippen LogP contribution in [0.2, 0.25) is 0 Å². The van der Waals surface area contributed by atoms with Gasteiger partial charge in [0.15, 0.2) is 0 Å². The fraction of sp³-hybridized carbons (Fsp3) is 0.400. The van der Waals surface area contributed by atoms with Crippen LogP contribution in [0.25, 0.3) is 0 Å². The van der Waals surface area contributed by atoms with Crippen LogP contribution in [0.4, 0.5) is 0 Å². The molecular formula is C20H23ClO5S. The molecule has 3 rings (SSSR count). The molecule has 5 nitrogen and oxygen atoms in total. The molecule has 146 valence electrons. The second-order valence-corrected chi connectivity index (χ2v) is 9.61. The predicted octanol–water partition coefficient (Wildman–Crippen LogP) is 4.01. The van der Waals surface area contributed by atoms with Gasteiger partial charge in [-0.25, -0.2) is 8.42 Å². The van der Waals surface area contributed by atoms with E-state index in [4.69, 9.17) is 24.9 Å². The maximum Gasteiger partial charge on any atom is 0.233 e. The number of hydrogen-bond acceptors (Lipinski definition) is 5. The van der Waals surface area contributed by atoms with Gasteiger partial charge in [-0.2, -0.15) is 0 Å². The topological polar surface area (TPSA) is 61.8 Å². The molecule has 2 aromatic carbocycles. The molecule has 0 N–H and O–H groups in total. The Kier molecular flexibility index (Phi) is 6.63. The zero-order chi connectivity index (χ0) is 19.2. The molecule has 1 saturated heterocycles. The largest absolute Gasteiger partial charge is 0.493 e. The molecule has 0 atom stereocenters. The summed E-state index contributed by atoms with van der Waals surface area (Å²) < 4.78 is 40.2. The smallest absolute Gasteiger partial charge is 0.233 e. The van der Waals surface area contributed by atoms with Crippen LogP contribution in [0.1, 0.15) is 18.4 Å². The van der Waals surface area contributed by atoms with E-state index >= 15 is 0 Å². The third kappa shape index (κ3) is 6.41. The molecule has 0 aliphatic carbocycles. The second-order valence-electron chi connectivity index (χ2n) is 6.83. The molecule has 0 amide bonds. The second kappa shape index (κ2) is 8.95. The third-order valence-corrected chi connectivity index (χ3v) is 5.93. The molecule has 27 heavy (non-hydrogen) atoms. The minimum atomic E-state index is -3.61. The number of ether oxygens (including phenoxy) is 3. The number of halogens is 1. The maximum absolute atomic E-state index is 11.6. The molecule has 7 heteroatoms. The van der Waals surface area contributed by atoms with E-state index in [-0.39, 0.29) is 12.4 Å². The SMILES string of the molecule is O=S(=O)(Cl)CC1(COc2ccc(OCc3ccccc3)cc2)CCOCC1. The lowest BCUT2D eigenvalue weighted by Gasteiger charge is -2.35. The summed E-state index contributed by atoms with van der Waals surface area (Å²) in [5.41, 5.74) is 0.586. The van der Waals surface area contributed by atoms with Gasteiger partial charge in [0, 0.05) is 29.3 Å². The molecule has 0 aromatic heterocycles. The summed E-state index contributed by atoms with van der Waals surface area (Å²) >= 11 is 0. The fourth-order valence-electron chi connectivity index (χ4n) is 3.11.